The van der Waals surface area contributed by atoms with Gasteiger partial charge in [0, 0.05) is 47.3 Å². The second kappa shape index (κ2) is 7.92. The van der Waals surface area contributed by atoms with Crippen LogP contribution in [0.5, 0.6) is 0 Å². The molecule has 1 aromatic heterocycles. The lowest BCUT2D eigenvalue weighted by molar-refractivity contribution is -0.127. The van der Waals surface area contributed by atoms with Gasteiger partial charge in [-0.1, -0.05) is 30.3 Å². The average Bonchev–Trinajstić information content (AvgIpc) is 3.31. The molecule has 1 fully saturated rings. The van der Waals surface area contributed by atoms with Crippen LogP contribution >= 0.6 is 11.3 Å². The van der Waals surface area contributed by atoms with Crippen molar-refractivity contribution in [3.05, 3.63) is 59.5 Å². The van der Waals surface area contributed by atoms with Gasteiger partial charge in [0.05, 0.1) is 0 Å². The number of carbonyl (C=O) groups is 2. The third-order valence-corrected chi connectivity index (χ3v) is 5.94. The standard InChI is InChI=1S/C22H22N2O2S/c25-21-10-4-12-24(21)13-5-11-23-22(26)17-7-3-6-16(14-17)19-15-27-20-9-2-1-8-18(19)20/h1-3,6-9,14-15H,4-5,10-13H2,(H,23,26). The van der Waals surface area contributed by atoms with Gasteiger partial charge < -0.3 is 10.2 Å². The van der Waals surface area contributed by atoms with Gasteiger partial charge in [-0.25, -0.2) is 0 Å². The number of nitrogens with one attached hydrogen (secondary N) is 1. The molecule has 1 saturated heterocycles. The highest BCUT2D eigenvalue weighted by Gasteiger charge is 2.19. The Morgan fingerprint density at radius 2 is 2.04 bits per heavy atom. The maximum absolute atomic E-state index is 12.5. The van der Waals surface area contributed by atoms with Gasteiger partial charge in [0.2, 0.25) is 5.91 Å². The molecule has 138 valence electrons. The van der Waals surface area contributed by atoms with E-state index in [1.165, 1.54) is 10.1 Å². The van der Waals surface area contributed by atoms with Crippen LogP contribution in [0.1, 0.15) is 29.6 Å². The van der Waals surface area contributed by atoms with E-state index in [4.69, 9.17) is 0 Å². The topological polar surface area (TPSA) is 49.4 Å². The zero-order chi connectivity index (χ0) is 18.6. The Labute approximate surface area is 162 Å². The first-order valence-electron chi connectivity index (χ1n) is 9.35. The Hall–Kier alpha value is -2.66. The molecule has 0 aliphatic carbocycles. The predicted molar refractivity (Wildman–Crippen MR) is 110 cm³/mol. The van der Waals surface area contributed by atoms with Gasteiger partial charge in [-0.2, -0.15) is 0 Å². The lowest BCUT2D eigenvalue weighted by Gasteiger charge is -2.15. The van der Waals surface area contributed by atoms with Crippen molar-refractivity contribution < 1.29 is 9.59 Å². The first-order valence-corrected chi connectivity index (χ1v) is 10.2. The molecule has 4 nitrogen and oxygen atoms in total. The van der Waals surface area contributed by atoms with Crippen molar-refractivity contribution in [3.63, 3.8) is 0 Å². The van der Waals surface area contributed by atoms with Crippen molar-refractivity contribution in [2.75, 3.05) is 19.6 Å². The van der Waals surface area contributed by atoms with Crippen molar-refractivity contribution in [3.8, 4) is 11.1 Å². The summed E-state index contributed by atoms with van der Waals surface area (Å²) in [4.78, 5) is 26.0. The maximum atomic E-state index is 12.5. The third-order valence-electron chi connectivity index (χ3n) is 4.98. The first kappa shape index (κ1) is 17.7. The monoisotopic (exact) mass is 378 g/mol. The van der Waals surface area contributed by atoms with E-state index in [1.807, 2.05) is 41.3 Å². The molecular formula is C22H22N2O2S. The number of fused-ring (bicyclic) bond motifs is 1. The molecule has 0 saturated carbocycles. The highest BCUT2D eigenvalue weighted by Crippen LogP contribution is 2.34. The molecule has 0 atom stereocenters. The molecule has 0 bridgehead atoms. The molecule has 27 heavy (non-hydrogen) atoms. The van der Waals surface area contributed by atoms with Crippen molar-refractivity contribution in [2.24, 2.45) is 0 Å². The van der Waals surface area contributed by atoms with Gasteiger partial charge in [-0.3, -0.25) is 9.59 Å². The average molecular weight is 378 g/mol. The largest absolute Gasteiger partial charge is 0.352 e. The summed E-state index contributed by atoms with van der Waals surface area (Å²) in [7, 11) is 0. The van der Waals surface area contributed by atoms with Crippen LogP contribution in [-0.2, 0) is 4.79 Å². The number of benzene rings is 2. The molecule has 2 aromatic carbocycles. The van der Waals surface area contributed by atoms with E-state index < -0.39 is 0 Å². The molecule has 2 amide bonds. The van der Waals surface area contributed by atoms with Crippen molar-refractivity contribution in [2.45, 2.75) is 19.3 Å². The van der Waals surface area contributed by atoms with Crippen molar-refractivity contribution in [1.82, 2.24) is 10.2 Å². The van der Waals surface area contributed by atoms with Gasteiger partial charge in [-0.15, -0.1) is 11.3 Å². The van der Waals surface area contributed by atoms with E-state index in [1.54, 1.807) is 11.3 Å². The molecule has 5 heteroatoms. The van der Waals surface area contributed by atoms with Crippen molar-refractivity contribution in [1.29, 1.82) is 0 Å². The number of hydrogen-bond donors (Lipinski definition) is 1. The number of rotatable bonds is 6. The molecule has 3 aromatic rings. The van der Waals surface area contributed by atoms with E-state index in [2.05, 4.69) is 22.8 Å². The highest BCUT2D eigenvalue weighted by atomic mass is 32.1. The van der Waals surface area contributed by atoms with E-state index >= 15 is 0 Å². The zero-order valence-corrected chi connectivity index (χ0v) is 15.9. The third kappa shape index (κ3) is 3.88. The number of likely N-dealkylation sites (tertiary alicyclic amines) is 1. The summed E-state index contributed by atoms with van der Waals surface area (Å²) in [5.74, 6) is 0.168. The lowest BCUT2D eigenvalue weighted by atomic mass is 10.0. The van der Waals surface area contributed by atoms with E-state index in [-0.39, 0.29) is 11.8 Å². The zero-order valence-electron chi connectivity index (χ0n) is 15.1. The van der Waals surface area contributed by atoms with Gasteiger partial charge >= 0.3 is 0 Å². The van der Waals surface area contributed by atoms with Crippen molar-refractivity contribution >= 4 is 33.2 Å². The number of nitrogens with zero attached hydrogens (tertiary/aromatic N) is 1. The smallest absolute Gasteiger partial charge is 0.251 e. The number of carbonyl (C=O) groups excluding carboxylic acids is 2. The van der Waals surface area contributed by atoms with Gasteiger partial charge in [0.1, 0.15) is 0 Å². The van der Waals surface area contributed by atoms with Crippen LogP contribution in [0.2, 0.25) is 0 Å². The molecule has 0 spiro atoms. The summed E-state index contributed by atoms with van der Waals surface area (Å²) >= 11 is 1.72. The Balaban J connectivity index is 1.40. The van der Waals surface area contributed by atoms with Crippen LogP contribution in [0.3, 0.4) is 0 Å². The van der Waals surface area contributed by atoms with Crippen LogP contribution in [0.15, 0.2) is 53.9 Å². The Kier molecular flexibility index (Phi) is 5.21. The van der Waals surface area contributed by atoms with Gasteiger partial charge in [-0.05, 0) is 42.0 Å². The molecule has 1 aliphatic rings. The molecule has 0 unspecified atom stereocenters. The summed E-state index contributed by atoms with van der Waals surface area (Å²) in [6.45, 7) is 2.15. The SMILES string of the molecule is O=C(NCCCN1CCCC1=O)c1cccc(-c2csc3ccccc23)c1. The Morgan fingerprint density at radius 1 is 1.15 bits per heavy atom. The fourth-order valence-corrected chi connectivity index (χ4v) is 4.51. The van der Waals surface area contributed by atoms with Crippen LogP contribution in [-0.4, -0.2) is 36.3 Å². The van der Waals surface area contributed by atoms with Crippen LogP contribution in [0.4, 0.5) is 0 Å². The predicted octanol–water partition coefficient (Wildman–Crippen LogP) is 4.31. The molecule has 4 rings (SSSR count). The number of amides is 2. The van der Waals surface area contributed by atoms with Gasteiger partial charge in [0.15, 0.2) is 0 Å². The van der Waals surface area contributed by atoms with E-state index in [0.29, 0.717) is 18.5 Å². The molecular weight excluding hydrogens is 356 g/mol. The number of thiophene rings is 1. The summed E-state index contributed by atoms with van der Waals surface area (Å²) < 4.78 is 1.25. The second-order valence-electron chi connectivity index (χ2n) is 6.82. The summed E-state index contributed by atoms with van der Waals surface area (Å²) in [5.41, 5.74) is 2.89. The fourth-order valence-electron chi connectivity index (χ4n) is 3.54. The minimum absolute atomic E-state index is 0.0656. The maximum Gasteiger partial charge on any atom is 0.251 e. The molecule has 0 radical (unpaired) electrons. The Morgan fingerprint density at radius 3 is 2.89 bits per heavy atom. The quantitative estimate of drug-likeness (QED) is 0.650. The summed E-state index contributed by atoms with van der Waals surface area (Å²) in [5, 5.41) is 6.34. The lowest BCUT2D eigenvalue weighted by Crippen LogP contribution is -2.30. The van der Waals surface area contributed by atoms with Crippen LogP contribution in [0, 0.1) is 0 Å². The summed E-state index contributed by atoms with van der Waals surface area (Å²) in [6, 6.07) is 16.1. The van der Waals surface area contributed by atoms with E-state index in [0.717, 1.165) is 37.1 Å². The normalized spacial score (nSPS) is 14.1. The fraction of sp³-hybridized carbons (Fsp3) is 0.273. The number of hydrogen-bond acceptors (Lipinski definition) is 3. The molecule has 2 heterocycles. The summed E-state index contributed by atoms with van der Waals surface area (Å²) in [6.07, 6.45) is 2.40. The van der Waals surface area contributed by atoms with E-state index in [9.17, 15) is 9.59 Å². The molecule has 1 aliphatic heterocycles. The minimum Gasteiger partial charge on any atom is -0.352 e. The second-order valence-corrected chi connectivity index (χ2v) is 7.73. The minimum atomic E-state index is -0.0656. The van der Waals surface area contributed by atoms with Crippen LogP contribution < -0.4 is 5.32 Å². The first-order chi connectivity index (χ1) is 13.2. The van der Waals surface area contributed by atoms with Gasteiger partial charge in [0.25, 0.3) is 5.91 Å². The Bertz CT molecular complexity index is 979. The van der Waals surface area contributed by atoms with Crippen LogP contribution in [0.25, 0.3) is 21.2 Å². The highest BCUT2D eigenvalue weighted by molar-refractivity contribution is 7.17. The molecule has 1 N–H and O–H groups in total.